The van der Waals surface area contributed by atoms with Crippen molar-refractivity contribution >= 4 is 34.3 Å². The van der Waals surface area contributed by atoms with Crippen LogP contribution in [0.3, 0.4) is 0 Å². The molecule has 1 aliphatic heterocycles. The minimum Gasteiger partial charge on any atom is -0.380 e. The van der Waals surface area contributed by atoms with Gasteiger partial charge in [-0.05, 0) is 37.0 Å². The number of nitrogens with one attached hydrogen (secondary N) is 2. The summed E-state index contributed by atoms with van der Waals surface area (Å²) in [4.78, 5) is 45.0. The van der Waals surface area contributed by atoms with E-state index in [9.17, 15) is 14.4 Å². The molecule has 3 heterocycles. The van der Waals surface area contributed by atoms with Crippen molar-refractivity contribution in [3.63, 3.8) is 0 Å². The summed E-state index contributed by atoms with van der Waals surface area (Å²) in [5.74, 6) is 0.477. The first-order valence-corrected chi connectivity index (χ1v) is 11.2. The first-order valence-electron chi connectivity index (χ1n) is 10.3. The quantitative estimate of drug-likeness (QED) is 0.593. The average molecular weight is 439 g/mol. The van der Waals surface area contributed by atoms with Crippen molar-refractivity contribution in [2.24, 2.45) is 0 Å². The van der Waals surface area contributed by atoms with E-state index in [1.54, 1.807) is 23.8 Å². The number of aromatic nitrogens is 3. The molecule has 1 atom stereocenters. The number of methoxy groups -OCH3 is 1. The van der Waals surface area contributed by atoms with Gasteiger partial charge in [0.15, 0.2) is 5.16 Å². The lowest BCUT2D eigenvalue weighted by Crippen LogP contribution is -2.30. The van der Waals surface area contributed by atoms with Crippen LogP contribution in [0.25, 0.3) is 10.9 Å². The first kappa shape index (κ1) is 20.0. The Morgan fingerprint density at radius 1 is 1.32 bits per heavy atom. The van der Waals surface area contributed by atoms with E-state index in [1.807, 2.05) is 6.07 Å². The van der Waals surface area contributed by atoms with Gasteiger partial charge in [-0.25, -0.2) is 4.98 Å². The predicted octanol–water partition coefficient (Wildman–Crippen LogP) is 2.40. The number of H-pyrrole nitrogens is 1. The highest BCUT2D eigenvalue weighted by Crippen LogP contribution is 2.34. The van der Waals surface area contributed by atoms with Gasteiger partial charge in [0.1, 0.15) is 0 Å². The fraction of sp³-hybridized carbons (Fsp3) is 0.364. The molecule has 8 nitrogen and oxygen atoms in total. The van der Waals surface area contributed by atoms with E-state index in [0.717, 1.165) is 46.6 Å². The zero-order valence-electron chi connectivity index (χ0n) is 17.1. The van der Waals surface area contributed by atoms with Crippen LogP contribution in [0.2, 0.25) is 0 Å². The molecule has 2 N–H and O–H groups in total. The molecule has 0 saturated carbocycles. The second kappa shape index (κ2) is 7.97. The van der Waals surface area contributed by atoms with Gasteiger partial charge in [-0.3, -0.25) is 19.0 Å². The van der Waals surface area contributed by atoms with E-state index in [0.29, 0.717) is 23.6 Å². The summed E-state index contributed by atoms with van der Waals surface area (Å²) >= 11 is 1.53. The summed E-state index contributed by atoms with van der Waals surface area (Å²) < 4.78 is 6.87. The van der Waals surface area contributed by atoms with Gasteiger partial charge in [-0.1, -0.05) is 17.8 Å². The van der Waals surface area contributed by atoms with Crippen LogP contribution in [0.15, 0.2) is 39.0 Å². The first-order chi connectivity index (χ1) is 15.0. The maximum atomic E-state index is 12.9. The molecule has 0 saturated heterocycles. The maximum absolute atomic E-state index is 12.9. The summed E-state index contributed by atoms with van der Waals surface area (Å²) in [5, 5.41) is 4.48. The Bertz CT molecular complexity index is 1310. The van der Waals surface area contributed by atoms with Gasteiger partial charge in [0.05, 0.1) is 23.9 Å². The Morgan fingerprint density at radius 3 is 3.03 bits per heavy atom. The summed E-state index contributed by atoms with van der Waals surface area (Å²) in [5.41, 5.74) is 3.53. The second-order valence-corrected chi connectivity index (χ2v) is 8.90. The number of benzene rings is 1. The van der Waals surface area contributed by atoms with Gasteiger partial charge in [0.2, 0.25) is 11.5 Å². The zero-order valence-corrected chi connectivity index (χ0v) is 17.9. The van der Waals surface area contributed by atoms with Crippen LogP contribution < -0.4 is 16.4 Å². The molecule has 2 aliphatic rings. The van der Waals surface area contributed by atoms with Gasteiger partial charge < -0.3 is 15.0 Å². The van der Waals surface area contributed by atoms with Crippen LogP contribution in [-0.4, -0.2) is 33.3 Å². The lowest BCUT2D eigenvalue weighted by atomic mass is 10.1. The zero-order chi connectivity index (χ0) is 21.5. The van der Waals surface area contributed by atoms with Gasteiger partial charge in [0, 0.05) is 42.0 Å². The molecule has 1 aliphatic carbocycles. The van der Waals surface area contributed by atoms with E-state index >= 15 is 0 Å². The Morgan fingerprint density at radius 2 is 2.19 bits per heavy atom. The van der Waals surface area contributed by atoms with E-state index in [1.165, 1.54) is 17.8 Å². The number of carbonyl (C=O) groups is 1. The maximum Gasteiger partial charge on any atom is 0.257 e. The van der Waals surface area contributed by atoms with Crippen molar-refractivity contribution in [3.05, 3.63) is 61.8 Å². The lowest BCUT2D eigenvalue weighted by Gasteiger charge is -2.15. The molecular weight excluding hydrogens is 416 g/mol. The minimum atomic E-state index is -0.220. The van der Waals surface area contributed by atoms with Crippen LogP contribution in [-0.2, 0) is 29.0 Å². The molecular formula is C22H22N4O4S. The number of hydrogen-bond donors (Lipinski definition) is 2. The molecule has 9 heteroatoms. The van der Waals surface area contributed by atoms with Crippen molar-refractivity contribution in [2.45, 2.75) is 43.5 Å². The minimum absolute atomic E-state index is 0.00857. The molecule has 3 aromatic rings. The summed E-state index contributed by atoms with van der Waals surface area (Å²) in [6.45, 7) is 0.331. The van der Waals surface area contributed by atoms with Crippen molar-refractivity contribution in [1.82, 2.24) is 14.5 Å². The van der Waals surface area contributed by atoms with Gasteiger partial charge in [0.25, 0.3) is 5.56 Å². The van der Waals surface area contributed by atoms with Crippen molar-refractivity contribution in [1.29, 1.82) is 0 Å². The number of pyridine rings is 1. The predicted molar refractivity (Wildman–Crippen MR) is 119 cm³/mol. The molecule has 160 valence electrons. The molecule has 1 amide bonds. The van der Waals surface area contributed by atoms with Crippen molar-refractivity contribution < 1.29 is 9.53 Å². The number of carbonyl (C=O) groups excluding carboxylic acids is 1. The van der Waals surface area contributed by atoms with Crippen LogP contribution in [0.1, 0.15) is 35.7 Å². The Labute approximate surface area is 182 Å². The van der Waals surface area contributed by atoms with E-state index in [4.69, 9.17) is 4.74 Å². The SMILES string of the molecule is COCc1cc(=O)[nH]c2cc(NC(=O)C[C@H]3CSc4nc5c(c(=O)n43)CCC5)ccc12. The number of rotatable bonds is 5. The number of amides is 1. The standard InChI is InChI=1S/C22H22N4O4S/c1-30-10-12-7-19(27)24-18-8-13(5-6-15(12)18)23-20(28)9-14-11-31-22-25-17-4-2-3-16(17)21(29)26(14)22/h5-8,14H,2-4,9-11H2,1H3,(H,23,28)(H,24,27)/t14-/m0/s1. The molecule has 1 aromatic carbocycles. The Kier molecular flexibility index (Phi) is 5.15. The third-order valence-electron chi connectivity index (χ3n) is 5.81. The molecule has 0 unspecified atom stereocenters. The Hall–Kier alpha value is -2.91. The third-order valence-corrected chi connectivity index (χ3v) is 6.90. The fourth-order valence-corrected chi connectivity index (χ4v) is 5.57. The lowest BCUT2D eigenvalue weighted by molar-refractivity contribution is -0.116. The van der Waals surface area contributed by atoms with Gasteiger partial charge in [-0.2, -0.15) is 0 Å². The summed E-state index contributed by atoms with van der Waals surface area (Å²) in [6, 6.07) is 6.70. The van der Waals surface area contributed by atoms with Crippen LogP contribution in [0, 0.1) is 0 Å². The van der Waals surface area contributed by atoms with Crippen LogP contribution in [0.4, 0.5) is 5.69 Å². The van der Waals surface area contributed by atoms with Crippen molar-refractivity contribution in [3.8, 4) is 0 Å². The molecule has 0 radical (unpaired) electrons. The fourth-order valence-electron chi connectivity index (χ4n) is 4.41. The van der Waals surface area contributed by atoms with Crippen molar-refractivity contribution in [2.75, 3.05) is 18.2 Å². The molecule has 31 heavy (non-hydrogen) atoms. The number of ether oxygens (including phenoxy) is 1. The largest absolute Gasteiger partial charge is 0.380 e. The van der Waals surface area contributed by atoms with E-state index in [-0.39, 0.29) is 29.5 Å². The average Bonchev–Trinajstić information content (AvgIpc) is 3.35. The summed E-state index contributed by atoms with van der Waals surface area (Å²) in [7, 11) is 1.58. The summed E-state index contributed by atoms with van der Waals surface area (Å²) in [6.07, 6.45) is 2.79. The second-order valence-electron chi connectivity index (χ2n) is 7.92. The number of aromatic amines is 1. The third kappa shape index (κ3) is 3.68. The normalized spacial score (nSPS) is 17.0. The van der Waals surface area contributed by atoms with Crippen LogP contribution in [0.5, 0.6) is 0 Å². The molecule has 0 fully saturated rings. The monoisotopic (exact) mass is 438 g/mol. The number of aryl methyl sites for hydroxylation is 1. The molecule has 5 rings (SSSR count). The molecule has 0 spiro atoms. The van der Waals surface area contributed by atoms with E-state index < -0.39 is 0 Å². The number of hydrogen-bond acceptors (Lipinski definition) is 6. The van der Waals surface area contributed by atoms with Crippen LogP contribution >= 0.6 is 11.8 Å². The highest BCUT2D eigenvalue weighted by Gasteiger charge is 2.31. The van der Waals surface area contributed by atoms with E-state index in [2.05, 4.69) is 15.3 Å². The molecule has 0 bridgehead atoms. The Balaban J connectivity index is 1.36. The van der Waals surface area contributed by atoms with Gasteiger partial charge in [-0.15, -0.1) is 0 Å². The van der Waals surface area contributed by atoms with Gasteiger partial charge >= 0.3 is 0 Å². The topological polar surface area (TPSA) is 106 Å². The number of nitrogens with zero attached hydrogens (tertiary/aromatic N) is 2. The number of anilines is 1. The number of thioether (sulfide) groups is 1. The highest BCUT2D eigenvalue weighted by molar-refractivity contribution is 7.99. The number of fused-ring (bicyclic) bond motifs is 3. The highest BCUT2D eigenvalue weighted by atomic mass is 32.2. The molecule has 2 aromatic heterocycles. The smallest absolute Gasteiger partial charge is 0.257 e.